The molecule has 2 nitrogen and oxygen atoms in total. The van der Waals surface area contributed by atoms with E-state index in [2.05, 4.69) is 53.0 Å². The number of benzene rings is 1. The summed E-state index contributed by atoms with van der Waals surface area (Å²) in [6, 6.07) is 10.5. The first kappa shape index (κ1) is 14.6. The normalized spacial score (nSPS) is 26.5. The second-order valence-corrected chi connectivity index (χ2v) is 6.36. The van der Waals surface area contributed by atoms with Crippen molar-refractivity contribution in [1.82, 2.24) is 0 Å². The fourth-order valence-corrected chi connectivity index (χ4v) is 3.95. The van der Waals surface area contributed by atoms with Crippen molar-refractivity contribution in [2.24, 2.45) is 5.92 Å². The van der Waals surface area contributed by atoms with E-state index in [4.69, 9.17) is 13.1 Å². The van der Waals surface area contributed by atoms with Gasteiger partial charge in [-0.15, -0.1) is 0 Å². The van der Waals surface area contributed by atoms with Gasteiger partial charge in [0.25, 0.3) is 0 Å². The highest BCUT2D eigenvalue weighted by Gasteiger charge is 2.54. The minimum absolute atomic E-state index is 0.289. The summed E-state index contributed by atoms with van der Waals surface area (Å²) in [6.07, 6.45) is 8.26. The highest BCUT2D eigenvalue weighted by atomic mass is 15.0. The van der Waals surface area contributed by atoms with Gasteiger partial charge in [0, 0.05) is 11.8 Å². The van der Waals surface area contributed by atoms with E-state index in [1.807, 2.05) is 6.07 Å². The van der Waals surface area contributed by atoms with Gasteiger partial charge in [-0.1, -0.05) is 48.1 Å². The molecule has 2 aliphatic rings. The largest absolute Gasteiger partial charge is 0.509 e. The monoisotopic (exact) mass is 288 g/mol. The predicted octanol–water partition coefficient (Wildman–Crippen LogP) is 5.38. The molecule has 0 radical (unpaired) electrons. The Labute approximate surface area is 132 Å². The van der Waals surface area contributed by atoms with Gasteiger partial charge in [0.15, 0.2) is 0 Å². The third-order valence-electron chi connectivity index (χ3n) is 4.92. The lowest BCUT2D eigenvalue weighted by Gasteiger charge is -2.29. The van der Waals surface area contributed by atoms with Crippen LogP contribution >= 0.6 is 0 Å². The molecule has 3 rings (SSSR count). The Bertz CT molecular complexity index is 683. The molecule has 0 saturated carbocycles. The summed E-state index contributed by atoms with van der Waals surface area (Å²) in [5.41, 5.74) is 2.53. The number of allylic oxidation sites excluding steroid dienone is 2. The molecule has 0 spiro atoms. The highest BCUT2D eigenvalue weighted by Crippen LogP contribution is 2.49. The summed E-state index contributed by atoms with van der Waals surface area (Å²) in [6.45, 7) is 17.4. The van der Waals surface area contributed by atoms with Crippen LogP contribution in [0.15, 0.2) is 53.6 Å². The lowest BCUT2D eigenvalue weighted by Crippen LogP contribution is -2.30. The van der Waals surface area contributed by atoms with E-state index < -0.39 is 5.66 Å². The Morgan fingerprint density at radius 3 is 2.55 bits per heavy atom. The number of nitrogens with zero attached hydrogens (tertiary/aromatic N) is 2. The zero-order valence-electron chi connectivity index (χ0n) is 12.9. The van der Waals surface area contributed by atoms with Crippen LogP contribution < -0.4 is 0 Å². The fraction of sp³-hybridized carbons (Fsp3) is 0.400. The Kier molecular flexibility index (Phi) is 3.86. The SMILES string of the molecule is [C-]#[N+]C1([N+]#[C-])CC(C)=C[C@@H](c2ccccc2)[C@@H]2CCCC=C21. The van der Waals surface area contributed by atoms with Gasteiger partial charge in [-0.2, -0.15) is 0 Å². The minimum atomic E-state index is -1.00. The minimum Gasteiger partial charge on any atom is -0.226 e. The van der Waals surface area contributed by atoms with Crippen LogP contribution in [0.1, 0.15) is 44.1 Å². The Morgan fingerprint density at radius 2 is 1.86 bits per heavy atom. The van der Waals surface area contributed by atoms with E-state index in [9.17, 15) is 0 Å². The maximum Gasteiger partial charge on any atom is 0.509 e. The van der Waals surface area contributed by atoms with Crippen LogP contribution in [0, 0.1) is 19.1 Å². The molecular weight excluding hydrogens is 268 g/mol. The number of hydrogen-bond acceptors (Lipinski definition) is 0. The Balaban J connectivity index is 2.14. The molecule has 2 atom stereocenters. The summed E-state index contributed by atoms with van der Waals surface area (Å²) < 4.78 is 0. The predicted molar refractivity (Wildman–Crippen MR) is 88.9 cm³/mol. The van der Waals surface area contributed by atoms with Gasteiger partial charge in [0.2, 0.25) is 0 Å². The van der Waals surface area contributed by atoms with Gasteiger partial charge in [0.1, 0.15) is 12.0 Å². The second kappa shape index (κ2) is 5.82. The highest BCUT2D eigenvalue weighted by molar-refractivity contribution is 5.43. The summed E-state index contributed by atoms with van der Waals surface area (Å²) in [5, 5.41) is 0. The third kappa shape index (κ3) is 2.36. The van der Waals surface area contributed by atoms with Crippen LogP contribution in [0.25, 0.3) is 9.69 Å². The van der Waals surface area contributed by atoms with E-state index in [1.165, 1.54) is 5.56 Å². The Morgan fingerprint density at radius 1 is 1.14 bits per heavy atom. The topological polar surface area (TPSA) is 8.72 Å². The van der Waals surface area contributed by atoms with Gasteiger partial charge in [-0.25, -0.2) is 22.8 Å². The number of fused-ring (bicyclic) bond motifs is 1. The van der Waals surface area contributed by atoms with E-state index in [0.29, 0.717) is 6.42 Å². The van der Waals surface area contributed by atoms with Crippen molar-refractivity contribution in [1.29, 1.82) is 0 Å². The summed E-state index contributed by atoms with van der Waals surface area (Å²) in [5.74, 6) is 0.579. The molecule has 0 aromatic heterocycles. The first-order valence-corrected chi connectivity index (χ1v) is 7.90. The van der Waals surface area contributed by atoms with Crippen molar-refractivity contribution in [3.63, 3.8) is 0 Å². The fourth-order valence-electron chi connectivity index (χ4n) is 3.95. The molecule has 1 aromatic rings. The van der Waals surface area contributed by atoms with Crippen LogP contribution in [-0.2, 0) is 0 Å². The molecule has 0 amide bonds. The molecule has 0 unspecified atom stereocenters. The summed E-state index contributed by atoms with van der Waals surface area (Å²) >= 11 is 0. The van der Waals surface area contributed by atoms with Crippen LogP contribution in [0.2, 0.25) is 0 Å². The summed E-state index contributed by atoms with van der Waals surface area (Å²) in [4.78, 5) is 7.61. The first-order chi connectivity index (χ1) is 10.7. The van der Waals surface area contributed by atoms with Crippen molar-refractivity contribution in [3.8, 4) is 0 Å². The zero-order valence-corrected chi connectivity index (χ0v) is 12.9. The van der Waals surface area contributed by atoms with Crippen LogP contribution in [0.4, 0.5) is 0 Å². The standard InChI is InChI=1S/C20H20N2/c1-15-13-18(16-9-5-4-6-10-16)17-11-7-8-12-19(17)20(14-15,21-2)22-3/h4-6,9-10,12-13,17-18H,7-8,11,14H2,1H3/t17-,18-/m0/s1. The number of rotatable bonds is 1. The number of hydrogen-bond donors (Lipinski definition) is 0. The average Bonchev–Trinajstić information content (AvgIpc) is 2.71. The van der Waals surface area contributed by atoms with E-state index in [0.717, 1.165) is 30.4 Å². The molecular formula is C20H20N2. The lowest BCUT2D eigenvalue weighted by atomic mass is 9.73. The molecule has 2 aliphatic carbocycles. The third-order valence-corrected chi connectivity index (χ3v) is 4.92. The molecule has 0 N–H and O–H groups in total. The van der Waals surface area contributed by atoms with E-state index >= 15 is 0 Å². The first-order valence-electron chi connectivity index (χ1n) is 7.90. The molecule has 110 valence electrons. The molecule has 2 heteroatoms. The molecule has 0 heterocycles. The van der Waals surface area contributed by atoms with Crippen molar-refractivity contribution in [2.75, 3.05) is 0 Å². The van der Waals surface area contributed by atoms with Crippen molar-refractivity contribution in [3.05, 3.63) is 82.0 Å². The van der Waals surface area contributed by atoms with Gasteiger partial charge < -0.3 is 0 Å². The molecule has 0 aliphatic heterocycles. The van der Waals surface area contributed by atoms with E-state index in [1.54, 1.807) is 0 Å². The van der Waals surface area contributed by atoms with Gasteiger partial charge in [-0.3, -0.25) is 0 Å². The zero-order chi connectivity index (χ0) is 15.6. The van der Waals surface area contributed by atoms with Crippen molar-refractivity contribution in [2.45, 2.75) is 44.2 Å². The van der Waals surface area contributed by atoms with Crippen molar-refractivity contribution < 1.29 is 0 Å². The van der Waals surface area contributed by atoms with Crippen molar-refractivity contribution >= 4 is 0 Å². The lowest BCUT2D eigenvalue weighted by molar-refractivity contribution is 0.438. The maximum atomic E-state index is 7.67. The van der Waals surface area contributed by atoms with Gasteiger partial charge in [-0.05, 0) is 31.7 Å². The smallest absolute Gasteiger partial charge is 0.226 e. The Hall–Kier alpha value is -2.32. The van der Waals surface area contributed by atoms with Gasteiger partial charge >= 0.3 is 5.66 Å². The molecule has 0 bridgehead atoms. The second-order valence-electron chi connectivity index (χ2n) is 6.36. The molecule has 0 fully saturated rings. The average molecular weight is 288 g/mol. The van der Waals surface area contributed by atoms with Crippen LogP contribution in [-0.4, -0.2) is 5.66 Å². The summed E-state index contributed by atoms with van der Waals surface area (Å²) in [7, 11) is 0. The van der Waals surface area contributed by atoms with E-state index in [-0.39, 0.29) is 11.8 Å². The maximum absolute atomic E-state index is 7.67. The molecule has 22 heavy (non-hydrogen) atoms. The van der Waals surface area contributed by atoms with Crippen LogP contribution in [0.3, 0.4) is 0 Å². The molecule has 0 saturated heterocycles. The van der Waals surface area contributed by atoms with Crippen LogP contribution in [0.5, 0.6) is 0 Å². The van der Waals surface area contributed by atoms with Gasteiger partial charge in [0.05, 0.1) is 0 Å². The molecule has 1 aromatic carbocycles. The quantitative estimate of drug-likeness (QED) is 0.484.